The zero-order chi connectivity index (χ0) is 19.4. The normalized spacial score (nSPS) is 21.8. The SMILES string of the molecule is CN=C(NCCNc1ccc2ccccc2n1)N1CCCC2(CNC(=O)C2)C1.I. The zero-order valence-electron chi connectivity index (χ0n) is 16.8. The number of aliphatic imine (C=N–C) groups is 1. The molecule has 1 aromatic heterocycles. The number of carbonyl (C=O) groups is 1. The summed E-state index contributed by atoms with van der Waals surface area (Å²) in [5, 5.41) is 11.0. The molecule has 2 fully saturated rings. The van der Waals surface area contributed by atoms with Crippen LogP contribution in [0.2, 0.25) is 0 Å². The van der Waals surface area contributed by atoms with Crippen molar-refractivity contribution in [3.05, 3.63) is 36.4 Å². The van der Waals surface area contributed by atoms with E-state index in [-0.39, 0.29) is 35.3 Å². The molecule has 2 aliphatic rings. The van der Waals surface area contributed by atoms with Crippen molar-refractivity contribution in [2.75, 3.05) is 45.1 Å². The number of carbonyl (C=O) groups excluding carboxylic acids is 1. The summed E-state index contributed by atoms with van der Waals surface area (Å²) in [6.45, 7) is 4.15. The van der Waals surface area contributed by atoms with E-state index in [0.29, 0.717) is 6.42 Å². The minimum absolute atomic E-state index is 0. The molecule has 3 heterocycles. The molecular formula is C21H29IN6O. The number of nitrogens with one attached hydrogen (secondary N) is 3. The van der Waals surface area contributed by atoms with Gasteiger partial charge in [-0.1, -0.05) is 18.2 Å². The fourth-order valence-corrected chi connectivity index (χ4v) is 4.29. The average molecular weight is 508 g/mol. The number of hydrogen-bond acceptors (Lipinski definition) is 4. The molecule has 1 aromatic carbocycles. The Bertz CT molecular complexity index is 888. The van der Waals surface area contributed by atoms with E-state index in [4.69, 9.17) is 0 Å². The molecule has 7 nitrogen and oxygen atoms in total. The van der Waals surface area contributed by atoms with Crippen molar-refractivity contribution >= 4 is 52.6 Å². The lowest BCUT2D eigenvalue weighted by Gasteiger charge is -2.40. The number of fused-ring (bicyclic) bond motifs is 1. The maximum absolute atomic E-state index is 11.7. The third-order valence-electron chi connectivity index (χ3n) is 5.68. The molecule has 4 rings (SSSR count). The molecule has 3 N–H and O–H groups in total. The molecule has 0 radical (unpaired) electrons. The Morgan fingerprint density at radius 1 is 1.28 bits per heavy atom. The third-order valence-corrected chi connectivity index (χ3v) is 5.68. The molecule has 2 aromatic rings. The second kappa shape index (κ2) is 9.60. The first-order chi connectivity index (χ1) is 13.7. The van der Waals surface area contributed by atoms with Crippen molar-refractivity contribution in [1.82, 2.24) is 20.5 Å². The first-order valence-corrected chi connectivity index (χ1v) is 9.99. The van der Waals surface area contributed by atoms with Crippen molar-refractivity contribution in [3.63, 3.8) is 0 Å². The summed E-state index contributed by atoms with van der Waals surface area (Å²) in [6, 6.07) is 12.2. The monoisotopic (exact) mass is 508 g/mol. The van der Waals surface area contributed by atoms with Gasteiger partial charge in [0.15, 0.2) is 5.96 Å². The molecule has 0 saturated carbocycles. The first kappa shape index (κ1) is 21.6. The summed E-state index contributed by atoms with van der Waals surface area (Å²) in [7, 11) is 1.82. The van der Waals surface area contributed by atoms with Gasteiger partial charge >= 0.3 is 0 Å². The van der Waals surface area contributed by atoms with Crippen molar-refractivity contribution in [2.24, 2.45) is 10.4 Å². The van der Waals surface area contributed by atoms with Crippen LogP contribution in [0.15, 0.2) is 41.4 Å². The van der Waals surface area contributed by atoms with Crippen molar-refractivity contribution in [3.8, 4) is 0 Å². The Kier molecular flexibility index (Phi) is 7.15. The van der Waals surface area contributed by atoms with Crippen LogP contribution in [-0.4, -0.2) is 61.5 Å². The second-order valence-electron chi connectivity index (χ2n) is 7.77. The maximum Gasteiger partial charge on any atom is 0.220 e. The van der Waals surface area contributed by atoms with E-state index in [9.17, 15) is 4.79 Å². The molecule has 2 aliphatic heterocycles. The second-order valence-corrected chi connectivity index (χ2v) is 7.77. The van der Waals surface area contributed by atoms with Crippen molar-refractivity contribution in [1.29, 1.82) is 0 Å². The fraction of sp³-hybridized carbons (Fsp3) is 0.476. The van der Waals surface area contributed by atoms with Gasteiger partial charge in [0.2, 0.25) is 5.91 Å². The smallest absolute Gasteiger partial charge is 0.220 e. The van der Waals surface area contributed by atoms with Crippen LogP contribution in [0.5, 0.6) is 0 Å². The molecule has 2 saturated heterocycles. The van der Waals surface area contributed by atoms with Gasteiger partial charge in [-0.15, -0.1) is 24.0 Å². The number of anilines is 1. The number of guanidine groups is 1. The Balaban J connectivity index is 0.00000240. The van der Waals surface area contributed by atoms with Gasteiger partial charge in [0.1, 0.15) is 5.82 Å². The number of pyridine rings is 1. The van der Waals surface area contributed by atoms with E-state index in [1.54, 1.807) is 0 Å². The average Bonchev–Trinajstić information content (AvgIpc) is 3.07. The maximum atomic E-state index is 11.7. The molecule has 8 heteroatoms. The number of likely N-dealkylation sites (tertiary alicyclic amines) is 1. The largest absolute Gasteiger partial charge is 0.368 e. The standard InChI is InChI=1S/C21H28N6O.HI/c1-22-20(27-12-4-9-21(15-27)13-19(28)25-14-21)24-11-10-23-18-8-7-16-5-2-3-6-17(16)26-18;/h2-3,5-8H,4,9-15H2,1H3,(H,22,24)(H,23,26)(H,25,28);1H. The van der Waals surface area contributed by atoms with Crippen LogP contribution < -0.4 is 16.0 Å². The summed E-state index contributed by atoms with van der Waals surface area (Å²) < 4.78 is 0. The number of piperidine rings is 1. The van der Waals surface area contributed by atoms with Gasteiger partial charge in [0.05, 0.1) is 5.52 Å². The molecule has 1 unspecified atom stereocenters. The lowest BCUT2D eigenvalue weighted by molar-refractivity contribution is -0.119. The minimum atomic E-state index is 0. The minimum Gasteiger partial charge on any atom is -0.368 e. The van der Waals surface area contributed by atoms with Crippen LogP contribution in [0.3, 0.4) is 0 Å². The van der Waals surface area contributed by atoms with Gasteiger partial charge in [-0.3, -0.25) is 9.79 Å². The van der Waals surface area contributed by atoms with Gasteiger partial charge in [-0.25, -0.2) is 4.98 Å². The number of amides is 1. The summed E-state index contributed by atoms with van der Waals surface area (Å²) in [4.78, 5) is 23.1. The Hall–Kier alpha value is -2.10. The van der Waals surface area contributed by atoms with Crippen molar-refractivity contribution < 1.29 is 4.79 Å². The van der Waals surface area contributed by atoms with Crippen LogP contribution in [0.4, 0.5) is 5.82 Å². The highest BCUT2D eigenvalue weighted by molar-refractivity contribution is 14.0. The lowest BCUT2D eigenvalue weighted by Crippen LogP contribution is -2.51. The van der Waals surface area contributed by atoms with Gasteiger partial charge < -0.3 is 20.9 Å². The molecule has 1 spiro atoms. The predicted molar refractivity (Wildman–Crippen MR) is 128 cm³/mol. The van der Waals surface area contributed by atoms with Gasteiger partial charge in [0, 0.05) is 57.0 Å². The molecule has 0 aliphatic carbocycles. The van der Waals surface area contributed by atoms with Crippen molar-refractivity contribution in [2.45, 2.75) is 19.3 Å². The van der Waals surface area contributed by atoms with E-state index in [2.05, 4.69) is 43.0 Å². The van der Waals surface area contributed by atoms with Gasteiger partial charge in [-0.05, 0) is 31.0 Å². The molecule has 0 bridgehead atoms. The number of benzene rings is 1. The third kappa shape index (κ3) is 5.09. The number of aromatic nitrogens is 1. The Labute approximate surface area is 188 Å². The molecule has 1 amide bonds. The summed E-state index contributed by atoms with van der Waals surface area (Å²) in [6.07, 6.45) is 2.83. The summed E-state index contributed by atoms with van der Waals surface area (Å²) in [5.74, 6) is 1.96. The number of nitrogens with zero attached hydrogens (tertiary/aromatic N) is 3. The Morgan fingerprint density at radius 3 is 2.93 bits per heavy atom. The summed E-state index contributed by atoms with van der Waals surface area (Å²) >= 11 is 0. The number of halogens is 1. The van der Waals surface area contributed by atoms with Crippen LogP contribution >= 0.6 is 24.0 Å². The highest BCUT2D eigenvalue weighted by Crippen LogP contribution is 2.35. The van der Waals surface area contributed by atoms with Crippen LogP contribution in [0.25, 0.3) is 10.9 Å². The lowest BCUT2D eigenvalue weighted by atomic mass is 9.79. The number of rotatable bonds is 4. The van der Waals surface area contributed by atoms with E-state index in [1.165, 1.54) is 0 Å². The van der Waals surface area contributed by atoms with Crippen LogP contribution in [0, 0.1) is 5.41 Å². The quantitative estimate of drug-likeness (QED) is 0.256. The first-order valence-electron chi connectivity index (χ1n) is 9.99. The number of para-hydroxylation sites is 1. The highest BCUT2D eigenvalue weighted by Gasteiger charge is 2.42. The topological polar surface area (TPSA) is 81.7 Å². The molecular weight excluding hydrogens is 479 g/mol. The zero-order valence-corrected chi connectivity index (χ0v) is 19.1. The fourth-order valence-electron chi connectivity index (χ4n) is 4.29. The highest BCUT2D eigenvalue weighted by atomic mass is 127. The van der Waals surface area contributed by atoms with Gasteiger partial charge in [-0.2, -0.15) is 0 Å². The Morgan fingerprint density at radius 2 is 2.14 bits per heavy atom. The molecule has 156 valence electrons. The van der Waals surface area contributed by atoms with Crippen LogP contribution in [0.1, 0.15) is 19.3 Å². The van der Waals surface area contributed by atoms with E-state index in [0.717, 1.165) is 68.2 Å². The molecule has 1 atom stereocenters. The van der Waals surface area contributed by atoms with E-state index in [1.807, 2.05) is 31.3 Å². The van der Waals surface area contributed by atoms with Crippen LogP contribution in [-0.2, 0) is 4.79 Å². The van der Waals surface area contributed by atoms with E-state index < -0.39 is 0 Å². The molecule has 29 heavy (non-hydrogen) atoms. The van der Waals surface area contributed by atoms with Gasteiger partial charge in [0.25, 0.3) is 0 Å². The van der Waals surface area contributed by atoms with E-state index >= 15 is 0 Å². The number of hydrogen-bond donors (Lipinski definition) is 3. The predicted octanol–water partition coefficient (Wildman–Crippen LogP) is 2.44. The summed E-state index contributed by atoms with van der Waals surface area (Å²) in [5.41, 5.74) is 1.06.